The summed E-state index contributed by atoms with van der Waals surface area (Å²) in [6, 6.07) is 5.45. The first-order valence-electron chi connectivity index (χ1n) is 6.85. The summed E-state index contributed by atoms with van der Waals surface area (Å²) in [6.45, 7) is 3.06. The van der Waals surface area contributed by atoms with Gasteiger partial charge in [-0.25, -0.2) is 9.97 Å². The maximum Gasteiger partial charge on any atom is 0.254 e. The van der Waals surface area contributed by atoms with Gasteiger partial charge in [0.05, 0.1) is 6.20 Å². The van der Waals surface area contributed by atoms with Crippen LogP contribution in [0.4, 0.5) is 10.9 Å². The van der Waals surface area contributed by atoms with Crippen LogP contribution in [0, 0.1) is 11.3 Å². The van der Waals surface area contributed by atoms with E-state index < -0.39 is 0 Å². The molecular formula is C14H14N6OS. The van der Waals surface area contributed by atoms with Crippen molar-refractivity contribution in [2.24, 2.45) is 0 Å². The molecule has 2 aromatic rings. The fraction of sp³-hybridized carbons (Fsp3) is 0.286. The molecule has 1 saturated heterocycles. The Kier molecular flexibility index (Phi) is 4.27. The van der Waals surface area contributed by atoms with Crippen molar-refractivity contribution in [2.75, 3.05) is 31.5 Å². The SMILES string of the molecule is N#Cc1cnc(Nc2cc(C(=O)N3CCNCC3)ccn2)s1. The Morgan fingerprint density at radius 1 is 1.41 bits per heavy atom. The molecule has 7 nitrogen and oxygen atoms in total. The number of carbonyl (C=O) groups is 1. The van der Waals surface area contributed by atoms with Gasteiger partial charge in [0.15, 0.2) is 5.13 Å². The monoisotopic (exact) mass is 314 g/mol. The van der Waals surface area contributed by atoms with E-state index in [9.17, 15) is 4.79 Å². The molecule has 0 spiro atoms. The summed E-state index contributed by atoms with van der Waals surface area (Å²) < 4.78 is 0. The second-order valence-corrected chi connectivity index (χ2v) is 5.77. The number of hydrogen-bond donors (Lipinski definition) is 2. The molecule has 112 valence electrons. The van der Waals surface area contributed by atoms with E-state index in [1.54, 1.807) is 18.3 Å². The summed E-state index contributed by atoms with van der Waals surface area (Å²) in [5, 5.41) is 15.6. The predicted molar refractivity (Wildman–Crippen MR) is 83.1 cm³/mol. The van der Waals surface area contributed by atoms with Gasteiger partial charge in [0.1, 0.15) is 16.8 Å². The van der Waals surface area contributed by atoms with Crippen LogP contribution in [0.25, 0.3) is 0 Å². The molecule has 1 fully saturated rings. The van der Waals surface area contributed by atoms with Gasteiger partial charge < -0.3 is 15.5 Å². The highest BCUT2D eigenvalue weighted by Crippen LogP contribution is 2.21. The Morgan fingerprint density at radius 3 is 2.95 bits per heavy atom. The van der Waals surface area contributed by atoms with Gasteiger partial charge in [0.2, 0.25) is 0 Å². The zero-order valence-electron chi connectivity index (χ0n) is 11.7. The lowest BCUT2D eigenvalue weighted by atomic mass is 10.2. The van der Waals surface area contributed by atoms with Gasteiger partial charge in [-0.15, -0.1) is 0 Å². The van der Waals surface area contributed by atoms with Crippen LogP contribution in [0.15, 0.2) is 24.5 Å². The van der Waals surface area contributed by atoms with Crippen LogP contribution in [-0.2, 0) is 0 Å². The molecule has 0 bridgehead atoms. The van der Waals surface area contributed by atoms with E-state index in [4.69, 9.17) is 5.26 Å². The molecule has 2 N–H and O–H groups in total. The van der Waals surface area contributed by atoms with Crippen molar-refractivity contribution in [1.82, 2.24) is 20.2 Å². The molecular weight excluding hydrogens is 300 g/mol. The third-order valence-electron chi connectivity index (χ3n) is 3.26. The van der Waals surface area contributed by atoms with Gasteiger partial charge in [0.25, 0.3) is 5.91 Å². The first kappa shape index (κ1) is 14.4. The van der Waals surface area contributed by atoms with Crippen LogP contribution >= 0.6 is 11.3 Å². The number of nitriles is 1. The van der Waals surface area contributed by atoms with E-state index in [0.29, 0.717) is 34.5 Å². The van der Waals surface area contributed by atoms with E-state index in [-0.39, 0.29) is 5.91 Å². The summed E-state index contributed by atoms with van der Waals surface area (Å²) in [4.78, 5) is 23.1. The number of nitrogens with one attached hydrogen (secondary N) is 2. The summed E-state index contributed by atoms with van der Waals surface area (Å²) in [5.74, 6) is 0.545. The second-order valence-electron chi connectivity index (χ2n) is 4.74. The van der Waals surface area contributed by atoms with Crippen LogP contribution in [0.2, 0.25) is 0 Å². The highest BCUT2D eigenvalue weighted by atomic mass is 32.1. The van der Waals surface area contributed by atoms with Crippen LogP contribution in [0.3, 0.4) is 0 Å². The quantitative estimate of drug-likeness (QED) is 0.884. The number of thiazole rings is 1. The van der Waals surface area contributed by atoms with Crippen molar-refractivity contribution >= 4 is 28.2 Å². The highest BCUT2D eigenvalue weighted by Gasteiger charge is 2.18. The minimum atomic E-state index is 0.00352. The van der Waals surface area contributed by atoms with Crippen molar-refractivity contribution in [3.8, 4) is 6.07 Å². The lowest BCUT2D eigenvalue weighted by Crippen LogP contribution is -2.46. The van der Waals surface area contributed by atoms with Crippen LogP contribution in [0.5, 0.6) is 0 Å². The standard InChI is InChI=1S/C14H14N6OS/c15-8-11-9-18-14(22-11)19-12-7-10(1-2-17-12)13(21)20-5-3-16-4-6-20/h1-2,7,9,16H,3-6H2,(H,17,18,19). The fourth-order valence-electron chi connectivity index (χ4n) is 2.18. The fourth-order valence-corrected chi connectivity index (χ4v) is 2.80. The first-order valence-corrected chi connectivity index (χ1v) is 7.67. The number of carbonyl (C=O) groups excluding carboxylic acids is 1. The molecule has 0 atom stereocenters. The first-order chi connectivity index (χ1) is 10.8. The zero-order valence-corrected chi connectivity index (χ0v) is 12.6. The van der Waals surface area contributed by atoms with Crippen molar-refractivity contribution < 1.29 is 4.79 Å². The van der Waals surface area contributed by atoms with Crippen LogP contribution < -0.4 is 10.6 Å². The van der Waals surface area contributed by atoms with Crippen molar-refractivity contribution in [1.29, 1.82) is 5.26 Å². The molecule has 22 heavy (non-hydrogen) atoms. The number of piperazine rings is 1. The maximum absolute atomic E-state index is 12.4. The number of rotatable bonds is 3. The van der Waals surface area contributed by atoms with Crippen molar-refractivity contribution in [2.45, 2.75) is 0 Å². The third-order valence-corrected chi connectivity index (χ3v) is 4.08. The third kappa shape index (κ3) is 3.21. The molecule has 0 saturated carbocycles. The summed E-state index contributed by atoms with van der Waals surface area (Å²) in [6.07, 6.45) is 3.10. The minimum absolute atomic E-state index is 0.00352. The maximum atomic E-state index is 12.4. The average Bonchev–Trinajstić information content (AvgIpc) is 3.03. The lowest BCUT2D eigenvalue weighted by molar-refractivity contribution is 0.0736. The number of aromatic nitrogens is 2. The molecule has 0 aliphatic carbocycles. The summed E-state index contributed by atoms with van der Waals surface area (Å²) in [5.41, 5.74) is 0.594. The average molecular weight is 314 g/mol. The molecule has 0 unspecified atom stereocenters. The Balaban J connectivity index is 1.74. The molecule has 8 heteroatoms. The Hall–Kier alpha value is -2.50. The number of hydrogen-bond acceptors (Lipinski definition) is 7. The summed E-state index contributed by atoms with van der Waals surface area (Å²) >= 11 is 1.24. The number of nitrogens with zero attached hydrogens (tertiary/aromatic N) is 4. The van der Waals surface area contributed by atoms with Gasteiger partial charge in [-0.3, -0.25) is 4.79 Å². The number of amides is 1. The van der Waals surface area contributed by atoms with Gasteiger partial charge >= 0.3 is 0 Å². The van der Waals surface area contributed by atoms with Crippen molar-refractivity contribution in [3.05, 3.63) is 35.0 Å². The largest absolute Gasteiger partial charge is 0.336 e. The molecule has 1 aliphatic rings. The highest BCUT2D eigenvalue weighted by molar-refractivity contribution is 7.16. The zero-order chi connectivity index (χ0) is 15.4. The molecule has 2 aromatic heterocycles. The van der Waals surface area contributed by atoms with Gasteiger partial charge in [-0.1, -0.05) is 11.3 Å². The molecule has 3 heterocycles. The topological polar surface area (TPSA) is 93.9 Å². The van der Waals surface area contributed by atoms with E-state index in [1.165, 1.54) is 17.5 Å². The van der Waals surface area contributed by atoms with Crippen LogP contribution in [-0.4, -0.2) is 47.0 Å². The number of anilines is 2. The molecule has 0 aromatic carbocycles. The second kappa shape index (κ2) is 6.51. The Morgan fingerprint density at radius 2 is 2.23 bits per heavy atom. The van der Waals surface area contributed by atoms with Crippen molar-refractivity contribution in [3.63, 3.8) is 0 Å². The molecule has 1 aliphatic heterocycles. The molecule has 3 rings (SSSR count). The molecule has 1 amide bonds. The molecule has 0 radical (unpaired) electrons. The predicted octanol–water partition coefficient (Wildman–Crippen LogP) is 1.20. The van der Waals surface area contributed by atoms with E-state index in [1.807, 2.05) is 11.0 Å². The van der Waals surface area contributed by atoms with Gasteiger partial charge in [0, 0.05) is 37.9 Å². The van der Waals surface area contributed by atoms with E-state index in [2.05, 4.69) is 20.6 Å². The summed E-state index contributed by atoms with van der Waals surface area (Å²) in [7, 11) is 0. The lowest BCUT2D eigenvalue weighted by Gasteiger charge is -2.27. The van der Waals surface area contributed by atoms with E-state index in [0.717, 1.165) is 13.1 Å². The Bertz CT molecular complexity index is 716. The normalized spacial score (nSPS) is 14.4. The van der Waals surface area contributed by atoms with E-state index >= 15 is 0 Å². The smallest absolute Gasteiger partial charge is 0.254 e. The Labute approximate surface area is 131 Å². The minimum Gasteiger partial charge on any atom is -0.336 e. The van der Waals surface area contributed by atoms with Gasteiger partial charge in [-0.05, 0) is 12.1 Å². The van der Waals surface area contributed by atoms with Crippen LogP contribution in [0.1, 0.15) is 15.2 Å². The van der Waals surface area contributed by atoms with Gasteiger partial charge in [-0.2, -0.15) is 5.26 Å². The number of pyridine rings is 1.